The Morgan fingerprint density at radius 1 is 1.05 bits per heavy atom. The van der Waals surface area contributed by atoms with Crippen molar-refractivity contribution in [1.29, 1.82) is 0 Å². The van der Waals surface area contributed by atoms with Crippen molar-refractivity contribution >= 4 is 5.91 Å². The number of hydrogen-bond acceptors (Lipinski definition) is 2. The SMILES string of the molecule is O=C(CCCCCc1ccccc1)N[C@H]1CC[C@@H](O)CC1. The molecule has 0 aromatic heterocycles. The van der Waals surface area contributed by atoms with Crippen LogP contribution in [0.3, 0.4) is 0 Å². The van der Waals surface area contributed by atoms with Crippen molar-refractivity contribution in [1.82, 2.24) is 5.32 Å². The Kier molecular flexibility index (Phi) is 6.74. The lowest BCUT2D eigenvalue weighted by molar-refractivity contribution is -0.122. The molecule has 1 amide bonds. The van der Waals surface area contributed by atoms with Crippen LogP contribution in [0.25, 0.3) is 0 Å². The number of carbonyl (C=O) groups is 1. The fourth-order valence-corrected chi connectivity index (χ4v) is 2.96. The van der Waals surface area contributed by atoms with E-state index in [-0.39, 0.29) is 18.1 Å². The molecule has 116 valence electrons. The van der Waals surface area contributed by atoms with Gasteiger partial charge in [0.2, 0.25) is 5.91 Å². The van der Waals surface area contributed by atoms with E-state index < -0.39 is 0 Å². The lowest BCUT2D eigenvalue weighted by atomic mass is 9.93. The van der Waals surface area contributed by atoms with Crippen LogP contribution in [0.1, 0.15) is 56.9 Å². The van der Waals surface area contributed by atoms with Gasteiger partial charge in [0.25, 0.3) is 0 Å². The standard InChI is InChI=1S/C18H27NO2/c20-17-13-11-16(12-14-17)19-18(21)10-6-2-5-9-15-7-3-1-4-8-15/h1,3-4,7-8,16-17,20H,2,5-6,9-14H2,(H,19,21)/t16-,17+. The van der Waals surface area contributed by atoms with Crippen molar-refractivity contribution in [2.45, 2.75) is 69.9 Å². The summed E-state index contributed by atoms with van der Waals surface area (Å²) in [5.41, 5.74) is 1.38. The molecule has 0 saturated heterocycles. The lowest BCUT2D eigenvalue weighted by Crippen LogP contribution is -2.38. The quantitative estimate of drug-likeness (QED) is 0.757. The van der Waals surface area contributed by atoms with Gasteiger partial charge in [0.15, 0.2) is 0 Å². The summed E-state index contributed by atoms with van der Waals surface area (Å²) in [4.78, 5) is 11.9. The molecule has 1 aromatic carbocycles. The number of unbranched alkanes of at least 4 members (excludes halogenated alkanes) is 2. The van der Waals surface area contributed by atoms with Gasteiger partial charge < -0.3 is 10.4 Å². The lowest BCUT2D eigenvalue weighted by Gasteiger charge is -2.26. The summed E-state index contributed by atoms with van der Waals surface area (Å²) in [5, 5.41) is 12.5. The normalized spacial score (nSPS) is 22.0. The maximum absolute atomic E-state index is 11.9. The molecule has 0 spiro atoms. The first-order valence-electron chi connectivity index (χ1n) is 8.25. The number of carbonyl (C=O) groups excluding carboxylic acids is 1. The van der Waals surface area contributed by atoms with Crippen LogP contribution < -0.4 is 5.32 Å². The molecule has 1 aliphatic carbocycles. The van der Waals surface area contributed by atoms with Gasteiger partial charge in [0, 0.05) is 12.5 Å². The predicted octanol–water partition coefficient (Wildman–Crippen LogP) is 3.21. The number of amides is 1. The predicted molar refractivity (Wildman–Crippen MR) is 85.0 cm³/mol. The van der Waals surface area contributed by atoms with Crippen molar-refractivity contribution in [3.05, 3.63) is 35.9 Å². The van der Waals surface area contributed by atoms with Gasteiger partial charge in [0.05, 0.1) is 6.10 Å². The Hall–Kier alpha value is -1.35. The summed E-state index contributed by atoms with van der Waals surface area (Å²) in [5.74, 6) is 0.177. The Balaban J connectivity index is 1.51. The fraction of sp³-hybridized carbons (Fsp3) is 0.611. The highest BCUT2D eigenvalue weighted by Crippen LogP contribution is 2.18. The fourth-order valence-electron chi connectivity index (χ4n) is 2.96. The molecule has 0 heterocycles. The van der Waals surface area contributed by atoms with Crippen LogP contribution in [0.2, 0.25) is 0 Å². The van der Waals surface area contributed by atoms with Gasteiger partial charge in [-0.15, -0.1) is 0 Å². The van der Waals surface area contributed by atoms with E-state index in [0.717, 1.165) is 51.4 Å². The maximum atomic E-state index is 11.9. The van der Waals surface area contributed by atoms with E-state index in [1.165, 1.54) is 5.56 Å². The van der Waals surface area contributed by atoms with Gasteiger partial charge in [-0.1, -0.05) is 36.8 Å². The van der Waals surface area contributed by atoms with Gasteiger partial charge in [-0.05, 0) is 50.5 Å². The first-order chi connectivity index (χ1) is 10.2. The average molecular weight is 289 g/mol. The third kappa shape index (κ3) is 6.30. The average Bonchev–Trinajstić information content (AvgIpc) is 2.50. The highest BCUT2D eigenvalue weighted by molar-refractivity contribution is 5.76. The van der Waals surface area contributed by atoms with Gasteiger partial charge in [-0.3, -0.25) is 4.79 Å². The van der Waals surface area contributed by atoms with Crippen LogP contribution in [0.15, 0.2) is 30.3 Å². The molecule has 1 aliphatic rings. The number of benzene rings is 1. The number of aliphatic hydroxyl groups excluding tert-OH is 1. The van der Waals surface area contributed by atoms with E-state index >= 15 is 0 Å². The molecule has 0 bridgehead atoms. The topological polar surface area (TPSA) is 49.3 Å². The van der Waals surface area contributed by atoms with E-state index in [4.69, 9.17) is 0 Å². The zero-order valence-electron chi connectivity index (χ0n) is 12.8. The van der Waals surface area contributed by atoms with Gasteiger partial charge >= 0.3 is 0 Å². The summed E-state index contributed by atoms with van der Waals surface area (Å²) < 4.78 is 0. The summed E-state index contributed by atoms with van der Waals surface area (Å²) >= 11 is 0. The number of rotatable bonds is 7. The summed E-state index contributed by atoms with van der Waals surface area (Å²) in [7, 11) is 0. The molecule has 0 aliphatic heterocycles. The summed E-state index contributed by atoms with van der Waals surface area (Å²) in [6.45, 7) is 0. The molecule has 2 N–H and O–H groups in total. The van der Waals surface area contributed by atoms with Crippen molar-refractivity contribution in [2.24, 2.45) is 0 Å². The van der Waals surface area contributed by atoms with Crippen molar-refractivity contribution in [3.63, 3.8) is 0 Å². The Bertz CT molecular complexity index is 410. The third-order valence-electron chi connectivity index (χ3n) is 4.27. The Morgan fingerprint density at radius 2 is 1.76 bits per heavy atom. The molecule has 1 aromatic rings. The smallest absolute Gasteiger partial charge is 0.220 e. The van der Waals surface area contributed by atoms with Crippen LogP contribution in [-0.4, -0.2) is 23.2 Å². The van der Waals surface area contributed by atoms with E-state index in [2.05, 4.69) is 29.6 Å². The van der Waals surface area contributed by atoms with E-state index in [1.54, 1.807) is 0 Å². The van der Waals surface area contributed by atoms with Gasteiger partial charge in [-0.25, -0.2) is 0 Å². The summed E-state index contributed by atoms with van der Waals surface area (Å²) in [6.07, 6.45) is 8.27. The van der Waals surface area contributed by atoms with Crippen molar-refractivity contribution < 1.29 is 9.90 Å². The minimum Gasteiger partial charge on any atom is -0.393 e. The molecule has 21 heavy (non-hydrogen) atoms. The molecule has 0 atom stereocenters. The molecule has 3 nitrogen and oxygen atoms in total. The second-order valence-corrected chi connectivity index (χ2v) is 6.12. The Morgan fingerprint density at radius 3 is 2.48 bits per heavy atom. The maximum Gasteiger partial charge on any atom is 0.220 e. The number of aryl methyl sites for hydroxylation is 1. The van der Waals surface area contributed by atoms with Crippen LogP contribution in [0.4, 0.5) is 0 Å². The van der Waals surface area contributed by atoms with Crippen LogP contribution in [0, 0.1) is 0 Å². The van der Waals surface area contributed by atoms with E-state index in [0.29, 0.717) is 6.42 Å². The van der Waals surface area contributed by atoms with Crippen molar-refractivity contribution in [2.75, 3.05) is 0 Å². The molecular formula is C18H27NO2. The molecule has 1 fully saturated rings. The minimum atomic E-state index is -0.156. The molecular weight excluding hydrogens is 262 g/mol. The van der Waals surface area contributed by atoms with Gasteiger partial charge in [-0.2, -0.15) is 0 Å². The van der Waals surface area contributed by atoms with E-state index in [9.17, 15) is 9.90 Å². The van der Waals surface area contributed by atoms with Gasteiger partial charge in [0.1, 0.15) is 0 Å². The first kappa shape index (κ1) is 16.0. The Labute approximate surface area is 127 Å². The third-order valence-corrected chi connectivity index (χ3v) is 4.27. The van der Waals surface area contributed by atoms with Crippen LogP contribution in [0.5, 0.6) is 0 Å². The zero-order chi connectivity index (χ0) is 14.9. The highest BCUT2D eigenvalue weighted by atomic mass is 16.3. The second kappa shape index (κ2) is 8.83. The molecule has 3 heteroatoms. The molecule has 2 rings (SSSR count). The summed E-state index contributed by atoms with van der Waals surface area (Å²) in [6, 6.07) is 10.8. The number of aliphatic hydroxyl groups is 1. The monoisotopic (exact) mass is 289 g/mol. The van der Waals surface area contributed by atoms with E-state index in [1.807, 2.05) is 6.07 Å². The van der Waals surface area contributed by atoms with Crippen molar-refractivity contribution in [3.8, 4) is 0 Å². The second-order valence-electron chi connectivity index (χ2n) is 6.12. The number of hydrogen-bond donors (Lipinski definition) is 2. The highest BCUT2D eigenvalue weighted by Gasteiger charge is 2.20. The molecule has 0 unspecified atom stereocenters. The molecule has 0 radical (unpaired) electrons. The zero-order valence-corrected chi connectivity index (χ0v) is 12.8. The van der Waals surface area contributed by atoms with Crippen LogP contribution >= 0.6 is 0 Å². The number of nitrogens with one attached hydrogen (secondary N) is 1. The molecule has 1 saturated carbocycles. The first-order valence-corrected chi connectivity index (χ1v) is 8.25. The minimum absolute atomic E-state index is 0.156. The largest absolute Gasteiger partial charge is 0.393 e. The van der Waals surface area contributed by atoms with Crippen LogP contribution in [-0.2, 0) is 11.2 Å².